The van der Waals surface area contributed by atoms with Gasteiger partial charge >= 0.3 is 0 Å². The molecule has 5 nitrogen and oxygen atoms in total. The number of aliphatic hydroxyl groups excluding tert-OH is 1. The van der Waals surface area contributed by atoms with E-state index in [-0.39, 0.29) is 18.6 Å². The van der Waals surface area contributed by atoms with Crippen LogP contribution in [0, 0.1) is 0 Å². The molecule has 4 N–H and O–H groups in total. The van der Waals surface area contributed by atoms with Crippen molar-refractivity contribution in [1.82, 2.24) is 4.90 Å². The molecule has 1 unspecified atom stereocenters. The summed E-state index contributed by atoms with van der Waals surface area (Å²) in [6.07, 6.45) is 0. The van der Waals surface area contributed by atoms with Crippen LogP contribution in [0.4, 0.5) is 11.4 Å². The van der Waals surface area contributed by atoms with Crippen molar-refractivity contribution in [3.63, 3.8) is 0 Å². The number of nitrogens with two attached hydrogens (primary N) is 1. The summed E-state index contributed by atoms with van der Waals surface area (Å²) in [5.74, 6) is -0.243. The molecule has 0 aliphatic heterocycles. The van der Waals surface area contributed by atoms with Gasteiger partial charge in [0.1, 0.15) is 0 Å². The smallest absolute Gasteiger partial charge is 0.241 e. The normalized spacial score (nSPS) is 12.8. The summed E-state index contributed by atoms with van der Waals surface area (Å²) < 4.78 is 0. The van der Waals surface area contributed by atoms with Crippen molar-refractivity contribution in [2.24, 2.45) is 0 Å². The maximum atomic E-state index is 12.3. The van der Waals surface area contributed by atoms with Gasteiger partial charge in [-0.3, -0.25) is 9.69 Å². The molecule has 1 atom stereocenters. The number of rotatable bonds is 6. The summed E-state index contributed by atoms with van der Waals surface area (Å²) in [5, 5.41) is 12.5. The third-order valence-corrected chi connectivity index (χ3v) is 3.75. The molecule has 0 heterocycles. The number of carbonyl (C=O) groups is 1. The number of nitrogens with one attached hydrogen (secondary N) is 1. The average Bonchev–Trinajstić information content (AvgIpc) is 2.38. The minimum Gasteiger partial charge on any atom is -0.397 e. The van der Waals surface area contributed by atoms with Gasteiger partial charge in [-0.05, 0) is 32.9 Å². The SMILES string of the molecule is CC(C)N(CCO)C(C)C(=O)Nc1c(N)cc(Cl)cc1Cl. The van der Waals surface area contributed by atoms with Gasteiger partial charge in [0, 0.05) is 17.6 Å². The second-order valence-corrected chi connectivity index (χ2v) is 5.92. The van der Waals surface area contributed by atoms with Crippen LogP contribution in [0.5, 0.6) is 0 Å². The lowest BCUT2D eigenvalue weighted by molar-refractivity contribution is -0.121. The van der Waals surface area contributed by atoms with E-state index >= 15 is 0 Å². The van der Waals surface area contributed by atoms with E-state index in [1.807, 2.05) is 18.7 Å². The van der Waals surface area contributed by atoms with Crippen LogP contribution < -0.4 is 11.1 Å². The zero-order valence-corrected chi connectivity index (χ0v) is 13.9. The summed E-state index contributed by atoms with van der Waals surface area (Å²) >= 11 is 11.9. The number of hydrogen-bond donors (Lipinski definition) is 3. The molecular formula is C14H21Cl2N3O2. The van der Waals surface area contributed by atoms with Crippen molar-refractivity contribution in [3.8, 4) is 0 Å². The Kier molecular flexibility index (Phi) is 6.74. The highest BCUT2D eigenvalue weighted by Gasteiger charge is 2.24. The van der Waals surface area contributed by atoms with E-state index in [4.69, 9.17) is 34.0 Å². The molecule has 0 aromatic heterocycles. The standard InChI is InChI=1S/C14H21Cl2N3O2/c1-8(2)19(4-5-20)9(3)14(21)18-13-11(16)6-10(15)7-12(13)17/h6-9,20H,4-5,17H2,1-3H3,(H,18,21). The van der Waals surface area contributed by atoms with Crippen molar-refractivity contribution >= 4 is 40.5 Å². The maximum absolute atomic E-state index is 12.3. The van der Waals surface area contributed by atoms with Crippen LogP contribution in [-0.2, 0) is 4.79 Å². The lowest BCUT2D eigenvalue weighted by Crippen LogP contribution is -2.47. The molecule has 0 saturated heterocycles. The molecule has 0 spiro atoms. The van der Waals surface area contributed by atoms with Crippen molar-refractivity contribution in [2.75, 3.05) is 24.2 Å². The molecule has 1 rings (SSSR count). The van der Waals surface area contributed by atoms with E-state index in [0.717, 1.165) is 0 Å². The van der Waals surface area contributed by atoms with Gasteiger partial charge in [0.25, 0.3) is 0 Å². The number of carbonyl (C=O) groups excluding carboxylic acids is 1. The maximum Gasteiger partial charge on any atom is 0.241 e. The number of nitrogens with zero attached hydrogens (tertiary/aromatic N) is 1. The number of benzene rings is 1. The van der Waals surface area contributed by atoms with E-state index < -0.39 is 6.04 Å². The quantitative estimate of drug-likeness (QED) is 0.699. The third kappa shape index (κ3) is 4.74. The number of hydrogen-bond acceptors (Lipinski definition) is 4. The van der Waals surface area contributed by atoms with Crippen molar-refractivity contribution < 1.29 is 9.90 Å². The zero-order valence-electron chi connectivity index (χ0n) is 12.4. The van der Waals surface area contributed by atoms with Crippen LogP contribution in [0.15, 0.2) is 12.1 Å². The van der Waals surface area contributed by atoms with Gasteiger partial charge in [-0.1, -0.05) is 23.2 Å². The number of aliphatic hydroxyl groups is 1. The summed E-state index contributed by atoms with van der Waals surface area (Å²) in [6, 6.07) is 2.74. The Morgan fingerprint density at radius 3 is 2.48 bits per heavy atom. The number of amides is 1. The summed E-state index contributed by atoms with van der Waals surface area (Å²) in [6.45, 7) is 6.09. The Labute approximate surface area is 135 Å². The Morgan fingerprint density at radius 1 is 1.38 bits per heavy atom. The predicted molar refractivity (Wildman–Crippen MR) is 87.9 cm³/mol. The van der Waals surface area contributed by atoms with E-state index in [1.54, 1.807) is 6.92 Å². The molecule has 7 heteroatoms. The fraction of sp³-hybridized carbons (Fsp3) is 0.500. The van der Waals surface area contributed by atoms with Crippen molar-refractivity contribution in [2.45, 2.75) is 32.9 Å². The monoisotopic (exact) mass is 333 g/mol. The predicted octanol–water partition coefficient (Wildman–Crippen LogP) is 2.61. The summed E-state index contributed by atoms with van der Waals surface area (Å²) in [5.41, 5.74) is 6.49. The van der Waals surface area contributed by atoms with Crippen LogP contribution in [0.25, 0.3) is 0 Å². The van der Waals surface area contributed by atoms with Gasteiger partial charge in [0.05, 0.1) is 29.0 Å². The van der Waals surface area contributed by atoms with Crippen molar-refractivity contribution in [1.29, 1.82) is 0 Å². The molecule has 0 radical (unpaired) electrons. The Morgan fingerprint density at radius 2 is 2.00 bits per heavy atom. The highest BCUT2D eigenvalue weighted by atomic mass is 35.5. The first-order valence-electron chi connectivity index (χ1n) is 6.70. The summed E-state index contributed by atoms with van der Waals surface area (Å²) in [7, 11) is 0. The molecular weight excluding hydrogens is 313 g/mol. The second-order valence-electron chi connectivity index (χ2n) is 5.07. The number of nitrogen functional groups attached to an aromatic ring is 1. The Hall–Kier alpha value is -1.01. The van der Waals surface area contributed by atoms with Gasteiger partial charge in [0.15, 0.2) is 0 Å². The topological polar surface area (TPSA) is 78.6 Å². The highest BCUT2D eigenvalue weighted by Crippen LogP contribution is 2.32. The molecule has 0 saturated carbocycles. The lowest BCUT2D eigenvalue weighted by Gasteiger charge is -2.31. The van der Waals surface area contributed by atoms with Crippen LogP contribution in [0.2, 0.25) is 10.0 Å². The van der Waals surface area contributed by atoms with Crippen LogP contribution in [0.1, 0.15) is 20.8 Å². The zero-order chi connectivity index (χ0) is 16.2. The first kappa shape index (κ1) is 18.0. The lowest BCUT2D eigenvalue weighted by atomic mass is 10.2. The average molecular weight is 334 g/mol. The van der Waals surface area contributed by atoms with Gasteiger partial charge in [0.2, 0.25) is 5.91 Å². The van der Waals surface area contributed by atoms with Gasteiger partial charge in [-0.15, -0.1) is 0 Å². The molecule has 1 aromatic carbocycles. The molecule has 0 aliphatic carbocycles. The van der Waals surface area contributed by atoms with Gasteiger partial charge in [-0.2, -0.15) is 0 Å². The minimum atomic E-state index is -0.428. The van der Waals surface area contributed by atoms with E-state index in [9.17, 15) is 4.79 Å². The van der Waals surface area contributed by atoms with Crippen LogP contribution >= 0.6 is 23.2 Å². The largest absolute Gasteiger partial charge is 0.397 e. The Bertz CT molecular complexity index is 486. The van der Waals surface area contributed by atoms with E-state index in [0.29, 0.717) is 28.0 Å². The summed E-state index contributed by atoms with van der Waals surface area (Å²) in [4.78, 5) is 14.2. The molecule has 21 heavy (non-hydrogen) atoms. The number of anilines is 2. The molecule has 118 valence electrons. The minimum absolute atomic E-state index is 0.0142. The fourth-order valence-corrected chi connectivity index (χ4v) is 2.67. The first-order chi connectivity index (χ1) is 9.77. The van der Waals surface area contributed by atoms with Crippen molar-refractivity contribution in [3.05, 3.63) is 22.2 Å². The molecule has 1 amide bonds. The molecule has 1 aromatic rings. The first-order valence-corrected chi connectivity index (χ1v) is 7.45. The number of halogens is 2. The fourth-order valence-electron chi connectivity index (χ4n) is 2.12. The third-order valence-electron chi connectivity index (χ3n) is 3.23. The van der Waals surface area contributed by atoms with Crippen LogP contribution in [-0.4, -0.2) is 41.1 Å². The molecule has 0 bridgehead atoms. The van der Waals surface area contributed by atoms with Gasteiger partial charge in [-0.25, -0.2) is 0 Å². The van der Waals surface area contributed by atoms with E-state index in [2.05, 4.69) is 5.32 Å². The van der Waals surface area contributed by atoms with Crippen LogP contribution in [0.3, 0.4) is 0 Å². The van der Waals surface area contributed by atoms with E-state index in [1.165, 1.54) is 12.1 Å². The highest BCUT2D eigenvalue weighted by molar-refractivity contribution is 6.37. The molecule has 0 fully saturated rings. The van der Waals surface area contributed by atoms with Gasteiger partial charge < -0.3 is 16.2 Å². The Balaban J connectivity index is 2.90. The second kappa shape index (κ2) is 7.84. The molecule has 0 aliphatic rings.